The average molecular weight is 282 g/mol. The Morgan fingerprint density at radius 2 is 1.89 bits per heavy atom. The quantitative estimate of drug-likeness (QED) is 0.433. The summed E-state index contributed by atoms with van der Waals surface area (Å²) in [7, 11) is 0. The molecule has 1 unspecified atom stereocenters. The van der Waals surface area contributed by atoms with E-state index in [1.54, 1.807) is 0 Å². The molecule has 0 radical (unpaired) electrons. The summed E-state index contributed by atoms with van der Waals surface area (Å²) in [6.45, 7) is 3.15. The molecule has 0 aromatic carbocycles. The van der Waals surface area contributed by atoms with Crippen molar-refractivity contribution in [1.29, 1.82) is 0 Å². The first kappa shape index (κ1) is 16.2. The smallest absolute Gasteiger partial charge is 0.298 e. The highest BCUT2D eigenvalue weighted by atomic mass is 19.4. The van der Waals surface area contributed by atoms with Crippen LogP contribution >= 0.6 is 0 Å². The maximum atomic E-state index is 12.2. The number of nitrogens with zero attached hydrogens (tertiary/aromatic N) is 2. The van der Waals surface area contributed by atoms with Crippen LogP contribution in [0, 0.1) is 0 Å². The average Bonchev–Trinajstić information content (AvgIpc) is 2.34. The fourth-order valence-corrected chi connectivity index (χ4v) is 2.21. The summed E-state index contributed by atoms with van der Waals surface area (Å²) in [5.74, 6) is 4.77. The summed E-state index contributed by atoms with van der Waals surface area (Å²) < 4.78 is 36.7. The van der Waals surface area contributed by atoms with Crippen molar-refractivity contribution in [2.45, 2.75) is 32.0 Å². The third-order valence-electron chi connectivity index (χ3n) is 3.38. The number of nitrogens with one attached hydrogen (secondary N) is 1. The van der Waals surface area contributed by atoms with E-state index in [0.717, 1.165) is 0 Å². The third kappa shape index (κ3) is 6.22. The van der Waals surface area contributed by atoms with Gasteiger partial charge in [0.25, 0.3) is 0 Å². The zero-order chi connectivity index (χ0) is 14.5. The van der Waals surface area contributed by atoms with Crippen molar-refractivity contribution in [2.24, 2.45) is 5.84 Å². The number of carbonyl (C=O) groups is 1. The summed E-state index contributed by atoms with van der Waals surface area (Å²) in [5, 5.41) is 0. The number of hydrogen-bond acceptors (Lipinski definition) is 4. The van der Waals surface area contributed by atoms with E-state index in [4.69, 9.17) is 5.84 Å². The minimum atomic E-state index is -4.13. The maximum absolute atomic E-state index is 12.2. The Bertz CT molecular complexity index is 290. The first-order valence-corrected chi connectivity index (χ1v) is 6.34. The summed E-state index contributed by atoms with van der Waals surface area (Å²) in [4.78, 5) is 14.5. The lowest BCUT2D eigenvalue weighted by Crippen LogP contribution is -2.51. The highest BCUT2D eigenvalue weighted by Gasteiger charge is 2.32. The van der Waals surface area contributed by atoms with Gasteiger partial charge in [0.1, 0.15) is 0 Å². The number of halogens is 3. The minimum absolute atomic E-state index is 0.172. The highest BCUT2D eigenvalue weighted by Crippen LogP contribution is 2.18. The largest absolute Gasteiger partial charge is 0.401 e. The topological polar surface area (TPSA) is 61.6 Å². The molecule has 1 aliphatic rings. The van der Waals surface area contributed by atoms with Crippen molar-refractivity contribution in [1.82, 2.24) is 15.2 Å². The molecule has 8 heteroatoms. The van der Waals surface area contributed by atoms with Crippen LogP contribution in [0.1, 0.15) is 19.8 Å². The predicted molar refractivity (Wildman–Crippen MR) is 65.1 cm³/mol. The van der Waals surface area contributed by atoms with Crippen LogP contribution in [0.25, 0.3) is 0 Å². The van der Waals surface area contributed by atoms with Gasteiger partial charge in [0.05, 0.1) is 6.54 Å². The van der Waals surface area contributed by atoms with Crippen LogP contribution in [0.15, 0.2) is 0 Å². The summed E-state index contributed by atoms with van der Waals surface area (Å²) in [6.07, 6.45) is -3.14. The molecular formula is C11H21F3N4O. The van der Waals surface area contributed by atoms with Gasteiger partial charge in [-0.2, -0.15) is 13.2 Å². The normalized spacial score (nSPS) is 20.3. The van der Waals surface area contributed by atoms with E-state index in [0.29, 0.717) is 39.0 Å². The van der Waals surface area contributed by atoms with Gasteiger partial charge in [-0.1, -0.05) is 0 Å². The van der Waals surface area contributed by atoms with Crippen molar-refractivity contribution >= 4 is 5.91 Å². The van der Waals surface area contributed by atoms with E-state index in [1.165, 1.54) is 4.90 Å². The Morgan fingerprint density at radius 3 is 2.37 bits per heavy atom. The maximum Gasteiger partial charge on any atom is 0.401 e. The number of amides is 1. The van der Waals surface area contributed by atoms with Crippen molar-refractivity contribution in [2.75, 3.05) is 32.7 Å². The monoisotopic (exact) mass is 282 g/mol. The van der Waals surface area contributed by atoms with E-state index >= 15 is 0 Å². The van der Waals surface area contributed by atoms with Crippen molar-refractivity contribution < 1.29 is 18.0 Å². The molecule has 0 aromatic heterocycles. The lowest BCUT2D eigenvalue weighted by molar-refractivity contribution is -0.149. The lowest BCUT2D eigenvalue weighted by atomic mass is 10.1. The van der Waals surface area contributed by atoms with Crippen LogP contribution in [-0.2, 0) is 4.79 Å². The Kier molecular flexibility index (Phi) is 6.02. The van der Waals surface area contributed by atoms with Gasteiger partial charge in [0.2, 0.25) is 5.91 Å². The summed E-state index contributed by atoms with van der Waals surface area (Å²) in [6, 6.07) is 0.172. The van der Waals surface area contributed by atoms with Gasteiger partial charge < -0.3 is 0 Å². The fourth-order valence-electron chi connectivity index (χ4n) is 2.21. The van der Waals surface area contributed by atoms with Gasteiger partial charge in [0.15, 0.2) is 0 Å². The molecule has 1 fully saturated rings. The van der Waals surface area contributed by atoms with Crippen LogP contribution < -0.4 is 11.3 Å². The van der Waals surface area contributed by atoms with Gasteiger partial charge >= 0.3 is 6.18 Å². The van der Waals surface area contributed by atoms with Gasteiger partial charge in [-0.15, -0.1) is 0 Å². The highest BCUT2D eigenvalue weighted by molar-refractivity contribution is 5.75. The number of alkyl halides is 3. The van der Waals surface area contributed by atoms with Crippen molar-refractivity contribution in [3.05, 3.63) is 0 Å². The second kappa shape index (κ2) is 7.06. The van der Waals surface area contributed by atoms with Crippen LogP contribution in [0.2, 0.25) is 0 Å². The molecule has 1 atom stereocenters. The van der Waals surface area contributed by atoms with Gasteiger partial charge in [0, 0.05) is 38.6 Å². The third-order valence-corrected chi connectivity index (χ3v) is 3.38. The Hall–Kier alpha value is -0.860. The second-order valence-electron chi connectivity index (χ2n) is 4.88. The molecule has 1 rings (SSSR count). The molecule has 112 valence electrons. The lowest BCUT2D eigenvalue weighted by Gasteiger charge is -2.38. The number of carbonyl (C=O) groups excluding carboxylic acids is 1. The molecule has 5 nitrogen and oxygen atoms in total. The Labute approximate surface area is 110 Å². The summed E-state index contributed by atoms with van der Waals surface area (Å²) in [5.41, 5.74) is 2.07. The Balaban J connectivity index is 2.27. The second-order valence-corrected chi connectivity index (χ2v) is 4.88. The summed E-state index contributed by atoms with van der Waals surface area (Å²) >= 11 is 0. The van der Waals surface area contributed by atoms with Gasteiger partial charge in [-0.05, 0) is 13.3 Å². The minimum Gasteiger partial charge on any atom is -0.298 e. The standard InChI is InChI=1S/C11H21F3N4O/c1-9(2-3-10(19)16-15)18-6-4-17(5-7-18)8-11(12,13)14/h9H,2-8,15H2,1H3,(H,16,19). The molecule has 1 heterocycles. The van der Waals surface area contributed by atoms with Crippen LogP contribution in [0.3, 0.4) is 0 Å². The molecule has 1 aliphatic heterocycles. The molecule has 0 spiro atoms. The SMILES string of the molecule is CC(CCC(=O)NN)N1CCN(CC(F)(F)F)CC1. The molecule has 0 saturated carbocycles. The van der Waals surface area contributed by atoms with Crippen molar-refractivity contribution in [3.8, 4) is 0 Å². The van der Waals surface area contributed by atoms with E-state index in [-0.39, 0.29) is 11.9 Å². The zero-order valence-electron chi connectivity index (χ0n) is 11.0. The molecule has 0 aromatic rings. The number of rotatable bonds is 5. The molecular weight excluding hydrogens is 261 g/mol. The van der Waals surface area contributed by atoms with E-state index in [2.05, 4.69) is 10.3 Å². The van der Waals surface area contributed by atoms with Crippen molar-refractivity contribution in [3.63, 3.8) is 0 Å². The first-order chi connectivity index (χ1) is 8.81. The van der Waals surface area contributed by atoms with E-state index in [1.807, 2.05) is 6.92 Å². The predicted octanol–water partition coefficient (Wildman–Crippen LogP) is 0.325. The molecule has 3 N–H and O–H groups in total. The Morgan fingerprint density at radius 1 is 1.32 bits per heavy atom. The fraction of sp³-hybridized carbons (Fsp3) is 0.909. The van der Waals surface area contributed by atoms with Crippen LogP contribution in [-0.4, -0.2) is 60.6 Å². The van der Waals surface area contributed by atoms with Crippen LogP contribution in [0.5, 0.6) is 0 Å². The van der Waals surface area contributed by atoms with Gasteiger partial charge in [-0.25, -0.2) is 5.84 Å². The van der Waals surface area contributed by atoms with E-state index in [9.17, 15) is 18.0 Å². The molecule has 0 bridgehead atoms. The number of nitrogens with two attached hydrogens (primary N) is 1. The zero-order valence-corrected chi connectivity index (χ0v) is 11.0. The molecule has 1 amide bonds. The number of hydrazine groups is 1. The molecule has 0 aliphatic carbocycles. The van der Waals surface area contributed by atoms with E-state index < -0.39 is 12.7 Å². The molecule has 1 saturated heterocycles. The first-order valence-electron chi connectivity index (χ1n) is 6.34. The number of piperazine rings is 1. The van der Waals surface area contributed by atoms with Crippen LogP contribution in [0.4, 0.5) is 13.2 Å². The van der Waals surface area contributed by atoms with Gasteiger partial charge in [-0.3, -0.25) is 20.0 Å². The number of hydrogen-bond donors (Lipinski definition) is 2. The molecule has 19 heavy (non-hydrogen) atoms.